The Morgan fingerprint density at radius 3 is 2.73 bits per heavy atom. The number of alkyl halides is 2. The molecule has 1 atom stereocenters. The van der Waals surface area contributed by atoms with Crippen molar-refractivity contribution in [3.63, 3.8) is 0 Å². The van der Waals surface area contributed by atoms with Crippen molar-refractivity contribution in [1.29, 1.82) is 0 Å². The quantitative estimate of drug-likeness (QED) is 0.495. The number of benzene rings is 2. The van der Waals surface area contributed by atoms with Crippen LogP contribution in [0.15, 0.2) is 48.8 Å². The van der Waals surface area contributed by atoms with Gasteiger partial charge in [0.25, 0.3) is 5.78 Å². The maximum absolute atomic E-state index is 14.8. The van der Waals surface area contributed by atoms with E-state index in [0.717, 1.165) is 17.8 Å². The van der Waals surface area contributed by atoms with E-state index >= 15 is 0 Å². The number of fused-ring (bicyclic) bond motifs is 3. The molecule has 0 aliphatic rings. The second kappa shape index (κ2) is 6.90. The van der Waals surface area contributed by atoms with Crippen molar-refractivity contribution in [2.75, 3.05) is 11.9 Å². The zero-order valence-corrected chi connectivity index (χ0v) is 16.8. The number of hydrogen-bond donors (Lipinski definition) is 1. The fraction of sp³-hybridized carbons (Fsp3) is 0.190. The van der Waals surface area contributed by atoms with Crippen molar-refractivity contribution in [3.05, 3.63) is 59.4 Å². The third kappa shape index (κ3) is 3.03. The monoisotopic (exact) mass is 427 g/mol. The molecule has 0 aliphatic carbocycles. The minimum Gasteiger partial charge on any atom is -0.372 e. The van der Waals surface area contributed by atoms with Gasteiger partial charge in [-0.1, -0.05) is 29.7 Å². The second-order valence-electron chi connectivity index (χ2n) is 7.00. The highest BCUT2D eigenvalue weighted by atomic mass is 35.5. The number of anilines is 2. The molecule has 2 heterocycles. The Morgan fingerprint density at radius 2 is 2.00 bits per heavy atom. The van der Waals surface area contributed by atoms with Crippen molar-refractivity contribution in [2.45, 2.75) is 18.4 Å². The smallest absolute Gasteiger partial charge is 0.312 e. The molecule has 4 rings (SSSR count). The van der Waals surface area contributed by atoms with Crippen molar-refractivity contribution >= 4 is 39.8 Å². The summed E-state index contributed by atoms with van der Waals surface area (Å²) in [4.78, 5) is 6.18. The minimum atomic E-state index is -3.65. The van der Waals surface area contributed by atoms with Crippen LogP contribution in [0.4, 0.5) is 20.3 Å². The molecule has 0 spiro atoms. The van der Waals surface area contributed by atoms with Crippen molar-refractivity contribution in [2.24, 2.45) is 0 Å². The number of aromatic nitrogens is 4. The molecule has 1 unspecified atom stereocenters. The Labute approximate surface area is 175 Å². The molecule has 152 valence electrons. The Balaban J connectivity index is 1.87. The van der Waals surface area contributed by atoms with E-state index in [1.54, 1.807) is 46.5 Å². The second-order valence-corrected chi connectivity index (χ2v) is 7.43. The van der Waals surface area contributed by atoms with Crippen LogP contribution >= 0.6 is 11.6 Å². The number of terminal acetylenes is 1. The van der Waals surface area contributed by atoms with Gasteiger partial charge in [0.05, 0.1) is 5.52 Å². The number of rotatable bonds is 4. The number of aliphatic hydroxyl groups is 1. The van der Waals surface area contributed by atoms with Gasteiger partial charge in [0.2, 0.25) is 0 Å². The van der Waals surface area contributed by atoms with Crippen LogP contribution in [0.2, 0.25) is 5.02 Å². The highest BCUT2D eigenvalue weighted by Gasteiger charge is 2.49. The molecule has 0 amide bonds. The molecule has 0 fully saturated rings. The highest BCUT2D eigenvalue weighted by molar-refractivity contribution is 6.31. The van der Waals surface area contributed by atoms with E-state index in [-0.39, 0.29) is 0 Å². The fourth-order valence-corrected chi connectivity index (χ4v) is 3.35. The van der Waals surface area contributed by atoms with Crippen LogP contribution < -0.4 is 4.90 Å². The molecule has 30 heavy (non-hydrogen) atoms. The van der Waals surface area contributed by atoms with E-state index in [2.05, 4.69) is 15.2 Å². The Kier molecular flexibility index (Phi) is 4.60. The maximum atomic E-state index is 14.8. The van der Waals surface area contributed by atoms with E-state index in [9.17, 15) is 13.9 Å². The summed E-state index contributed by atoms with van der Waals surface area (Å²) in [5, 5.41) is 19.1. The molecular formula is C21H16ClF2N5O. The van der Waals surface area contributed by atoms with Gasteiger partial charge in [-0.25, -0.2) is 0 Å². The topological polar surface area (TPSA) is 66.5 Å². The summed E-state index contributed by atoms with van der Waals surface area (Å²) < 4.78 is 31.2. The molecule has 1 N–H and O–H groups in total. The minimum absolute atomic E-state index is 0.336. The molecule has 4 aromatic rings. The Hall–Kier alpha value is -3.28. The average Bonchev–Trinajstić information content (AvgIpc) is 3.21. The van der Waals surface area contributed by atoms with E-state index in [4.69, 9.17) is 18.0 Å². The molecule has 0 aliphatic heterocycles. The standard InChI is InChI=1S/C21H16ClF2N5O/c1-4-20(2,30)21(23,24)13-6-5-7-15(10-13)28(3)18-16-9-8-14(22)11-17(16)29-12-25-27-19(29)26-18/h1,5-12,30H,2-3H3. The van der Waals surface area contributed by atoms with Gasteiger partial charge in [-0.15, -0.1) is 16.6 Å². The summed E-state index contributed by atoms with van der Waals surface area (Å²) in [5.41, 5.74) is -1.90. The van der Waals surface area contributed by atoms with Crippen LogP contribution in [0.5, 0.6) is 0 Å². The number of hydrogen-bond acceptors (Lipinski definition) is 5. The van der Waals surface area contributed by atoms with Crippen LogP contribution in [0.25, 0.3) is 16.7 Å². The summed E-state index contributed by atoms with van der Waals surface area (Å²) in [6.07, 6.45) is 6.63. The molecule has 9 heteroatoms. The predicted octanol–water partition coefficient (Wildman–Crippen LogP) is 4.17. The average molecular weight is 428 g/mol. The Bertz CT molecular complexity index is 1310. The SMILES string of the molecule is C#CC(C)(O)C(F)(F)c1cccc(N(C)c2nc3nncn3c3cc(Cl)ccc23)c1. The molecule has 0 radical (unpaired) electrons. The van der Waals surface area contributed by atoms with Gasteiger partial charge in [0, 0.05) is 28.7 Å². The first-order chi connectivity index (χ1) is 14.2. The predicted molar refractivity (Wildman–Crippen MR) is 111 cm³/mol. The van der Waals surface area contributed by atoms with Gasteiger partial charge in [0.15, 0.2) is 5.60 Å². The Morgan fingerprint density at radius 1 is 1.23 bits per heavy atom. The molecule has 2 aromatic carbocycles. The summed E-state index contributed by atoms with van der Waals surface area (Å²) >= 11 is 6.15. The van der Waals surface area contributed by atoms with Crippen LogP contribution in [0.1, 0.15) is 12.5 Å². The lowest BCUT2D eigenvalue weighted by Gasteiger charge is -2.29. The van der Waals surface area contributed by atoms with Crippen LogP contribution in [-0.4, -0.2) is 37.3 Å². The first-order valence-corrected chi connectivity index (χ1v) is 9.25. The maximum Gasteiger partial charge on any atom is 0.312 e. The van der Waals surface area contributed by atoms with E-state index in [1.165, 1.54) is 24.5 Å². The van der Waals surface area contributed by atoms with Crippen LogP contribution in [0.3, 0.4) is 0 Å². The van der Waals surface area contributed by atoms with Gasteiger partial charge in [-0.3, -0.25) is 4.40 Å². The summed E-state index contributed by atoms with van der Waals surface area (Å²) in [6, 6.07) is 10.9. The van der Waals surface area contributed by atoms with Crippen molar-refractivity contribution in [1.82, 2.24) is 19.6 Å². The molecule has 0 saturated heterocycles. The van der Waals surface area contributed by atoms with Gasteiger partial charge in [-0.2, -0.15) is 13.8 Å². The van der Waals surface area contributed by atoms with E-state index in [0.29, 0.717) is 22.3 Å². The van der Waals surface area contributed by atoms with E-state index < -0.39 is 17.1 Å². The van der Waals surface area contributed by atoms with Gasteiger partial charge < -0.3 is 10.0 Å². The zero-order valence-electron chi connectivity index (χ0n) is 16.0. The zero-order chi connectivity index (χ0) is 21.7. The third-order valence-electron chi connectivity index (χ3n) is 5.00. The molecular weight excluding hydrogens is 412 g/mol. The molecule has 2 aromatic heterocycles. The lowest BCUT2D eigenvalue weighted by molar-refractivity contribution is -0.146. The summed E-state index contributed by atoms with van der Waals surface area (Å²) in [6.45, 7) is 0.904. The van der Waals surface area contributed by atoms with Gasteiger partial charge >= 0.3 is 5.92 Å². The van der Waals surface area contributed by atoms with Gasteiger partial charge in [0.1, 0.15) is 12.1 Å². The van der Waals surface area contributed by atoms with Crippen LogP contribution in [0, 0.1) is 12.3 Å². The number of halogens is 3. The summed E-state index contributed by atoms with van der Waals surface area (Å²) in [7, 11) is 1.69. The van der Waals surface area contributed by atoms with Crippen molar-refractivity contribution < 1.29 is 13.9 Å². The normalized spacial score (nSPS) is 13.9. The third-order valence-corrected chi connectivity index (χ3v) is 5.24. The first kappa shape index (κ1) is 20.0. The fourth-order valence-electron chi connectivity index (χ4n) is 3.18. The molecule has 0 saturated carbocycles. The molecule has 0 bridgehead atoms. The highest BCUT2D eigenvalue weighted by Crippen LogP contribution is 2.40. The first-order valence-electron chi connectivity index (χ1n) is 8.87. The van der Waals surface area contributed by atoms with E-state index in [1.807, 2.05) is 0 Å². The van der Waals surface area contributed by atoms with Crippen LogP contribution in [-0.2, 0) is 5.92 Å². The summed E-state index contributed by atoms with van der Waals surface area (Å²) in [5.74, 6) is -1.08. The number of nitrogens with zero attached hydrogens (tertiary/aromatic N) is 5. The molecule has 6 nitrogen and oxygen atoms in total. The van der Waals surface area contributed by atoms with Gasteiger partial charge in [-0.05, 0) is 37.3 Å². The lowest BCUT2D eigenvalue weighted by atomic mass is 9.92. The van der Waals surface area contributed by atoms with Crippen molar-refractivity contribution in [3.8, 4) is 12.3 Å². The largest absolute Gasteiger partial charge is 0.372 e. The lowest BCUT2D eigenvalue weighted by Crippen LogP contribution is -2.41.